The first-order chi connectivity index (χ1) is 13.6. The standard InChI is InChI=1S/C18H23N5O6/c1-18(2,3)28-17(25)22-8-6-12(7-9-22)19-13-10-11(4-5-14(13)23(26)27)15-20-16(24)29-21-15/h4-5,10,12,19H,6-9H2,1-3H3,(H,20,21,24). The summed E-state index contributed by atoms with van der Waals surface area (Å²) in [5.74, 6) is -0.518. The molecule has 0 saturated carbocycles. The summed E-state index contributed by atoms with van der Waals surface area (Å²) >= 11 is 0. The minimum absolute atomic E-state index is 0.0565. The number of ether oxygens (including phenoxy) is 1. The van der Waals surface area contributed by atoms with E-state index in [0.29, 0.717) is 37.2 Å². The molecule has 0 unspecified atom stereocenters. The Bertz CT molecular complexity index is 952. The predicted octanol–water partition coefficient (Wildman–Crippen LogP) is 2.75. The third kappa shape index (κ3) is 5.12. The minimum atomic E-state index is -0.706. The van der Waals surface area contributed by atoms with Gasteiger partial charge in [0.1, 0.15) is 11.3 Å². The highest BCUT2D eigenvalue weighted by atomic mass is 16.6. The first-order valence-corrected chi connectivity index (χ1v) is 9.21. The number of anilines is 1. The van der Waals surface area contributed by atoms with Crippen LogP contribution in [0.5, 0.6) is 0 Å². The number of hydrogen-bond acceptors (Lipinski definition) is 8. The molecule has 0 aliphatic carbocycles. The number of nitro groups is 1. The van der Waals surface area contributed by atoms with Crippen molar-refractivity contribution in [1.82, 2.24) is 15.0 Å². The fourth-order valence-corrected chi connectivity index (χ4v) is 3.07. The highest BCUT2D eigenvalue weighted by Crippen LogP contribution is 2.31. The molecule has 0 radical (unpaired) electrons. The molecule has 0 spiro atoms. The molecule has 3 rings (SSSR count). The lowest BCUT2D eigenvalue weighted by Crippen LogP contribution is -2.44. The number of benzene rings is 1. The summed E-state index contributed by atoms with van der Waals surface area (Å²) in [6, 6.07) is 4.33. The van der Waals surface area contributed by atoms with Crippen LogP contribution in [-0.2, 0) is 4.74 Å². The first-order valence-electron chi connectivity index (χ1n) is 9.21. The topological polar surface area (TPSA) is 144 Å². The van der Waals surface area contributed by atoms with Crippen LogP contribution >= 0.6 is 0 Å². The molecule has 1 aliphatic heterocycles. The zero-order valence-corrected chi connectivity index (χ0v) is 16.4. The Kier molecular flexibility index (Phi) is 5.57. The van der Waals surface area contributed by atoms with Crippen LogP contribution in [0.3, 0.4) is 0 Å². The number of nitro benzene ring substituents is 1. The lowest BCUT2D eigenvalue weighted by Gasteiger charge is -2.34. The number of carbonyl (C=O) groups excluding carboxylic acids is 1. The van der Waals surface area contributed by atoms with Crippen LogP contribution in [0.25, 0.3) is 11.4 Å². The molecule has 2 N–H and O–H groups in total. The highest BCUT2D eigenvalue weighted by molar-refractivity contribution is 5.71. The zero-order chi connectivity index (χ0) is 21.2. The number of amides is 1. The second-order valence-corrected chi connectivity index (χ2v) is 7.82. The Hall–Kier alpha value is -3.37. The predicted molar refractivity (Wildman–Crippen MR) is 104 cm³/mol. The second-order valence-electron chi connectivity index (χ2n) is 7.82. The number of carbonyl (C=O) groups is 1. The Morgan fingerprint density at radius 3 is 2.62 bits per heavy atom. The normalized spacial score (nSPS) is 15.2. The summed E-state index contributed by atoms with van der Waals surface area (Å²) in [6.45, 7) is 6.40. The first kappa shape index (κ1) is 20.4. The molecular formula is C18H23N5O6. The van der Waals surface area contributed by atoms with Crippen LogP contribution in [0.1, 0.15) is 33.6 Å². The van der Waals surface area contributed by atoms with Crippen molar-refractivity contribution >= 4 is 17.5 Å². The Morgan fingerprint density at radius 1 is 1.38 bits per heavy atom. The third-order valence-corrected chi connectivity index (χ3v) is 4.41. The van der Waals surface area contributed by atoms with Crippen LogP contribution in [0, 0.1) is 10.1 Å². The van der Waals surface area contributed by atoms with Crippen LogP contribution in [0.2, 0.25) is 0 Å². The van der Waals surface area contributed by atoms with Gasteiger partial charge in [-0.1, -0.05) is 5.16 Å². The number of nitrogens with zero attached hydrogens (tertiary/aromatic N) is 3. The summed E-state index contributed by atoms with van der Waals surface area (Å²) in [7, 11) is 0. The molecule has 0 atom stereocenters. The van der Waals surface area contributed by atoms with E-state index in [0.717, 1.165) is 0 Å². The fraction of sp³-hybridized carbons (Fsp3) is 0.500. The van der Waals surface area contributed by atoms with Gasteiger partial charge in [-0.15, -0.1) is 0 Å². The summed E-state index contributed by atoms with van der Waals surface area (Å²) in [4.78, 5) is 38.3. The average Bonchev–Trinajstić information content (AvgIpc) is 3.07. The summed E-state index contributed by atoms with van der Waals surface area (Å²) in [6.07, 6.45) is 0.863. The van der Waals surface area contributed by atoms with Gasteiger partial charge in [0.15, 0.2) is 5.82 Å². The molecule has 156 valence electrons. The third-order valence-electron chi connectivity index (χ3n) is 4.41. The van der Waals surface area contributed by atoms with E-state index in [-0.39, 0.29) is 23.6 Å². The van der Waals surface area contributed by atoms with Gasteiger partial charge in [-0.3, -0.25) is 19.6 Å². The van der Waals surface area contributed by atoms with Crippen molar-refractivity contribution < 1.29 is 19.0 Å². The molecule has 1 saturated heterocycles. The van der Waals surface area contributed by atoms with Crippen LogP contribution in [-0.4, -0.2) is 50.8 Å². The maximum Gasteiger partial charge on any atom is 0.439 e. The van der Waals surface area contributed by atoms with Crippen molar-refractivity contribution in [3.63, 3.8) is 0 Å². The van der Waals surface area contributed by atoms with E-state index in [1.165, 1.54) is 12.1 Å². The van der Waals surface area contributed by atoms with E-state index in [1.54, 1.807) is 11.0 Å². The molecule has 1 amide bonds. The summed E-state index contributed by atoms with van der Waals surface area (Å²) in [5.41, 5.74) is 0.145. The van der Waals surface area contributed by atoms with Gasteiger partial charge in [0, 0.05) is 30.8 Å². The van der Waals surface area contributed by atoms with Crippen molar-refractivity contribution in [3.8, 4) is 11.4 Å². The number of aromatic amines is 1. The van der Waals surface area contributed by atoms with Crippen molar-refractivity contribution in [2.24, 2.45) is 0 Å². The van der Waals surface area contributed by atoms with E-state index in [2.05, 4.69) is 20.0 Å². The lowest BCUT2D eigenvalue weighted by atomic mass is 10.0. The van der Waals surface area contributed by atoms with Gasteiger partial charge < -0.3 is 15.0 Å². The van der Waals surface area contributed by atoms with Gasteiger partial charge in [0.25, 0.3) is 5.69 Å². The van der Waals surface area contributed by atoms with Gasteiger partial charge in [-0.25, -0.2) is 9.59 Å². The van der Waals surface area contributed by atoms with Crippen molar-refractivity contribution in [1.29, 1.82) is 0 Å². The Labute approximate surface area is 166 Å². The highest BCUT2D eigenvalue weighted by Gasteiger charge is 2.28. The van der Waals surface area contributed by atoms with Crippen molar-refractivity contribution in [2.75, 3.05) is 18.4 Å². The van der Waals surface area contributed by atoms with E-state index >= 15 is 0 Å². The second kappa shape index (κ2) is 7.94. The molecule has 1 aromatic carbocycles. The van der Waals surface area contributed by atoms with Gasteiger partial charge in [0.2, 0.25) is 0 Å². The Balaban J connectivity index is 1.70. The summed E-state index contributed by atoms with van der Waals surface area (Å²) < 4.78 is 9.87. The fourth-order valence-electron chi connectivity index (χ4n) is 3.07. The molecule has 2 heterocycles. The number of nitrogens with one attached hydrogen (secondary N) is 2. The molecule has 11 nitrogen and oxygen atoms in total. The minimum Gasteiger partial charge on any atom is -0.444 e. The largest absolute Gasteiger partial charge is 0.444 e. The zero-order valence-electron chi connectivity index (χ0n) is 16.4. The van der Waals surface area contributed by atoms with E-state index in [1.807, 2.05) is 20.8 Å². The van der Waals surface area contributed by atoms with E-state index in [4.69, 9.17) is 4.74 Å². The van der Waals surface area contributed by atoms with Crippen molar-refractivity contribution in [2.45, 2.75) is 45.3 Å². The number of piperidine rings is 1. The Morgan fingerprint density at radius 2 is 2.07 bits per heavy atom. The molecule has 1 fully saturated rings. The number of likely N-dealkylation sites (tertiary alicyclic amines) is 1. The van der Waals surface area contributed by atoms with Gasteiger partial charge in [0.05, 0.1) is 4.92 Å². The molecule has 1 aromatic heterocycles. The molecule has 29 heavy (non-hydrogen) atoms. The number of hydrogen-bond donors (Lipinski definition) is 2. The maximum absolute atomic E-state index is 12.2. The number of rotatable bonds is 4. The monoisotopic (exact) mass is 405 g/mol. The average molecular weight is 405 g/mol. The summed E-state index contributed by atoms with van der Waals surface area (Å²) in [5, 5.41) is 18.2. The van der Waals surface area contributed by atoms with Gasteiger partial charge >= 0.3 is 11.8 Å². The lowest BCUT2D eigenvalue weighted by molar-refractivity contribution is -0.384. The van der Waals surface area contributed by atoms with Crippen molar-refractivity contribution in [3.05, 3.63) is 38.9 Å². The van der Waals surface area contributed by atoms with Crippen LogP contribution in [0.15, 0.2) is 27.5 Å². The van der Waals surface area contributed by atoms with E-state index in [9.17, 15) is 19.7 Å². The van der Waals surface area contributed by atoms with Crippen LogP contribution in [0.4, 0.5) is 16.2 Å². The quantitative estimate of drug-likeness (QED) is 0.584. The maximum atomic E-state index is 12.2. The number of H-pyrrole nitrogens is 1. The van der Waals surface area contributed by atoms with E-state index < -0.39 is 16.3 Å². The molecular weight excluding hydrogens is 382 g/mol. The number of aromatic nitrogens is 2. The van der Waals surface area contributed by atoms with Gasteiger partial charge in [-0.05, 0) is 45.7 Å². The molecule has 0 bridgehead atoms. The van der Waals surface area contributed by atoms with Crippen LogP contribution < -0.4 is 11.1 Å². The van der Waals surface area contributed by atoms with Gasteiger partial charge in [-0.2, -0.15) is 0 Å². The molecule has 11 heteroatoms. The smallest absolute Gasteiger partial charge is 0.439 e. The molecule has 2 aromatic rings. The SMILES string of the molecule is CC(C)(C)OC(=O)N1CCC(Nc2cc(-c3noc(=O)[nH]3)ccc2[N+](=O)[O-])CC1. The molecule has 1 aliphatic rings.